The molecule has 0 unspecified atom stereocenters. The van der Waals surface area contributed by atoms with Crippen LogP contribution in [0.15, 0.2) is 18.3 Å². The molecule has 2 aliphatic heterocycles. The van der Waals surface area contributed by atoms with Crippen molar-refractivity contribution in [3.8, 4) is 0 Å². The first-order valence-electron chi connectivity index (χ1n) is 9.85. The molecule has 3 atom stereocenters. The van der Waals surface area contributed by atoms with Crippen molar-refractivity contribution in [2.24, 2.45) is 5.92 Å². The maximum atomic E-state index is 13.0. The number of carbonyl (C=O) groups excluding carboxylic acids is 1. The van der Waals surface area contributed by atoms with Gasteiger partial charge in [0.1, 0.15) is 5.82 Å². The largest absolute Gasteiger partial charge is 0.381 e. The maximum Gasteiger partial charge on any atom is 0.255 e. The molecule has 1 saturated carbocycles. The van der Waals surface area contributed by atoms with Crippen molar-refractivity contribution < 1.29 is 14.3 Å². The van der Waals surface area contributed by atoms with Crippen molar-refractivity contribution in [3.63, 3.8) is 0 Å². The van der Waals surface area contributed by atoms with E-state index in [4.69, 9.17) is 9.47 Å². The summed E-state index contributed by atoms with van der Waals surface area (Å²) in [5.41, 5.74) is 0.689. The molecule has 3 fully saturated rings. The van der Waals surface area contributed by atoms with E-state index >= 15 is 0 Å². The lowest BCUT2D eigenvalue weighted by atomic mass is 10.1. The molecule has 3 heterocycles. The van der Waals surface area contributed by atoms with E-state index in [1.807, 2.05) is 12.1 Å². The SMILES string of the molecule is C[C@@H]1CN(c2ccc(C(=O)N(C[C@@H]3CCOC3)C3CC3)cn2)C[C@@H](C)O1. The molecule has 6 nitrogen and oxygen atoms in total. The van der Waals surface area contributed by atoms with Gasteiger partial charge in [0.15, 0.2) is 0 Å². The van der Waals surface area contributed by atoms with Gasteiger partial charge in [-0.3, -0.25) is 4.79 Å². The number of anilines is 1. The van der Waals surface area contributed by atoms with Gasteiger partial charge in [0.25, 0.3) is 5.91 Å². The Bertz CT molecular complexity index is 616. The molecule has 0 aromatic carbocycles. The smallest absolute Gasteiger partial charge is 0.255 e. The number of aromatic nitrogens is 1. The number of ether oxygens (including phenoxy) is 2. The highest BCUT2D eigenvalue weighted by Gasteiger charge is 2.35. The van der Waals surface area contributed by atoms with Gasteiger partial charge in [-0.05, 0) is 45.2 Å². The summed E-state index contributed by atoms with van der Waals surface area (Å²) in [7, 11) is 0. The molecule has 6 heteroatoms. The molecule has 1 aromatic heterocycles. The third-order valence-corrected chi connectivity index (χ3v) is 5.47. The van der Waals surface area contributed by atoms with Crippen LogP contribution >= 0.6 is 0 Å². The van der Waals surface area contributed by atoms with E-state index in [1.165, 1.54) is 0 Å². The van der Waals surface area contributed by atoms with Crippen molar-refractivity contribution in [1.82, 2.24) is 9.88 Å². The Morgan fingerprint density at radius 2 is 2.00 bits per heavy atom. The first-order valence-corrected chi connectivity index (χ1v) is 9.85. The average molecular weight is 359 g/mol. The number of hydrogen-bond donors (Lipinski definition) is 0. The van der Waals surface area contributed by atoms with Gasteiger partial charge in [-0.15, -0.1) is 0 Å². The zero-order chi connectivity index (χ0) is 18.1. The molecule has 0 radical (unpaired) electrons. The normalized spacial score (nSPS) is 29.0. The second-order valence-corrected chi connectivity index (χ2v) is 7.99. The third kappa shape index (κ3) is 4.01. The first-order chi connectivity index (χ1) is 12.6. The summed E-state index contributed by atoms with van der Waals surface area (Å²) in [4.78, 5) is 21.9. The van der Waals surface area contributed by atoms with Crippen LogP contribution in [0.4, 0.5) is 5.82 Å². The molecule has 142 valence electrons. The number of morpholine rings is 1. The quantitative estimate of drug-likeness (QED) is 0.808. The molecule has 3 aliphatic rings. The van der Waals surface area contributed by atoms with Crippen LogP contribution in [-0.4, -0.2) is 66.9 Å². The topological polar surface area (TPSA) is 54.9 Å². The molecule has 2 saturated heterocycles. The molecule has 1 amide bonds. The molecular formula is C20H29N3O3. The fourth-order valence-corrected chi connectivity index (χ4v) is 4.02. The lowest BCUT2D eigenvalue weighted by Crippen LogP contribution is -2.45. The Hall–Kier alpha value is -1.66. The first kappa shape index (κ1) is 17.7. The van der Waals surface area contributed by atoms with Gasteiger partial charge in [-0.25, -0.2) is 4.98 Å². The van der Waals surface area contributed by atoms with Gasteiger partial charge in [0.05, 0.1) is 24.4 Å². The highest BCUT2D eigenvalue weighted by atomic mass is 16.5. The number of nitrogens with zero attached hydrogens (tertiary/aromatic N) is 3. The lowest BCUT2D eigenvalue weighted by molar-refractivity contribution is -0.00546. The minimum Gasteiger partial charge on any atom is -0.381 e. The predicted octanol–water partition coefficient (Wildman–Crippen LogP) is 2.34. The fraction of sp³-hybridized carbons (Fsp3) is 0.700. The Kier molecular flexibility index (Phi) is 5.14. The monoisotopic (exact) mass is 359 g/mol. The zero-order valence-electron chi connectivity index (χ0n) is 15.8. The summed E-state index contributed by atoms with van der Waals surface area (Å²) in [5, 5.41) is 0. The Balaban J connectivity index is 1.44. The van der Waals surface area contributed by atoms with E-state index in [-0.39, 0.29) is 18.1 Å². The van der Waals surface area contributed by atoms with Crippen LogP contribution < -0.4 is 4.90 Å². The molecule has 1 aromatic rings. The maximum absolute atomic E-state index is 13.0. The second-order valence-electron chi connectivity index (χ2n) is 7.99. The number of rotatable bonds is 5. The van der Waals surface area contributed by atoms with E-state index in [1.54, 1.807) is 6.20 Å². The van der Waals surface area contributed by atoms with Crippen molar-refractivity contribution in [1.29, 1.82) is 0 Å². The summed E-state index contributed by atoms with van der Waals surface area (Å²) in [5.74, 6) is 1.51. The van der Waals surface area contributed by atoms with E-state index < -0.39 is 0 Å². The number of amides is 1. The highest BCUT2D eigenvalue weighted by Crippen LogP contribution is 2.30. The molecule has 26 heavy (non-hydrogen) atoms. The van der Waals surface area contributed by atoms with Crippen molar-refractivity contribution in [3.05, 3.63) is 23.9 Å². The number of hydrogen-bond acceptors (Lipinski definition) is 5. The van der Waals surface area contributed by atoms with Gasteiger partial charge in [0, 0.05) is 44.4 Å². The molecule has 4 rings (SSSR count). The average Bonchev–Trinajstić information content (AvgIpc) is 3.34. The van der Waals surface area contributed by atoms with Crippen LogP contribution in [0.2, 0.25) is 0 Å². The minimum atomic E-state index is 0.113. The summed E-state index contributed by atoms with van der Waals surface area (Å²) >= 11 is 0. The van der Waals surface area contributed by atoms with Gasteiger partial charge < -0.3 is 19.3 Å². The number of carbonyl (C=O) groups is 1. The van der Waals surface area contributed by atoms with E-state index in [0.29, 0.717) is 17.5 Å². The van der Waals surface area contributed by atoms with Gasteiger partial charge in [-0.2, -0.15) is 0 Å². The Labute approximate surface area is 155 Å². The van der Waals surface area contributed by atoms with E-state index in [9.17, 15) is 4.79 Å². The number of pyridine rings is 1. The van der Waals surface area contributed by atoms with Crippen LogP contribution in [0.25, 0.3) is 0 Å². The molecule has 0 bridgehead atoms. The highest BCUT2D eigenvalue weighted by molar-refractivity contribution is 5.94. The van der Waals surface area contributed by atoms with Crippen molar-refractivity contribution in [2.75, 3.05) is 37.7 Å². The van der Waals surface area contributed by atoms with E-state index in [0.717, 1.165) is 57.9 Å². The summed E-state index contributed by atoms with van der Waals surface area (Å²) in [6, 6.07) is 4.31. The van der Waals surface area contributed by atoms with Gasteiger partial charge >= 0.3 is 0 Å². The van der Waals surface area contributed by atoms with Crippen molar-refractivity contribution in [2.45, 2.75) is 51.4 Å². The standard InChI is InChI=1S/C20H29N3O3/c1-14-10-22(11-15(2)26-14)19-6-3-17(9-21-19)20(24)23(18-4-5-18)12-16-7-8-25-13-16/h3,6,9,14-16,18H,4-5,7-8,10-13H2,1-2H3/t14-,15-,16+/m1/s1. The third-order valence-electron chi connectivity index (χ3n) is 5.47. The Morgan fingerprint density at radius 1 is 1.23 bits per heavy atom. The van der Waals surface area contributed by atoms with Crippen LogP contribution in [0.1, 0.15) is 43.5 Å². The second kappa shape index (κ2) is 7.53. The van der Waals surface area contributed by atoms with Crippen molar-refractivity contribution >= 4 is 11.7 Å². The van der Waals surface area contributed by atoms with Gasteiger partial charge in [0.2, 0.25) is 0 Å². The summed E-state index contributed by atoms with van der Waals surface area (Å²) in [6.45, 7) is 8.25. The fourth-order valence-electron chi connectivity index (χ4n) is 4.02. The van der Waals surface area contributed by atoms with Crippen LogP contribution in [0.5, 0.6) is 0 Å². The summed E-state index contributed by atoms with van der Waals surface area (Å²) in [6.07, 6.45) is 5.43. The zero-order valence-corrected chi connectivity index (χ0v) is 15.8. The Morgan fingerprint density at radius 3 is 2.58 bits per heavy atom. The van der Waals surface area contributed by atoms with E-state index in [2.05, 4.69) is 28.6 Å². The molecule has 0 N–H and O–H groups in total. The minimum absolute atomic E-state index is 0.113. The molecular weight excluding hydrogens is 330 g/mol. The molecule has 1 aliphatic carbocycles. The predicted molar refractivity (Wildman–Crippen MR) is 99.4 cm³/mol. The summed E-state index contributed by atoms with van der Waals surface area (Å²) < 4.78 is 11.3. The van der Waals surface area contributed by atoms with Gasteiger partial charge in [-0.1, -0.05) is 0 Å². The van der Waals surface area contributed by atoms with Crippen LogP contribution in [-0.2, 0) is 9.47 Å². The van der Waals surface area contributed by atoms with Crippen LogP contribution in [0, 0.1) is 5.92 Å². The molecule has 0 spiro atoms. The lowest BCUT2D eigenvalue weighted by Gasteiger charge is -2.36. The van der Waals surface area contributed by atoms with Crippen LogP contribution in [0.3, 0.4) is 0 Å².